The molecule has 0 radical (unpaired) electrons. The Morgan fingerprint density at radius 3 is 2.60 bits per heavy atom. The monoisotopic (exact) mass is 657 g/mol. The number of halogens is 1. The van der Waals surface area contributed by atoms with Crippen LogP contribution in [0, 0.1) is 13.8 Å². The number of thiophene rings is 1. The number of aryl methyl sites for hydroxylation is 2. The van der Waals surface area contributed by atoms with Crippen molar-refractivity contribution < 1.29 is 14.3 Å². The van der Waals surface area contributed by atoms with E-state index < -0.39 is 0 Å². The molecule has 5 aromatic rings. The van der Waals surface area contributed by atoms with Gasteiger partial charge in [0.25, 0.3) is 5.91 Å². The minimum Gasteiger partial charge on any atom is -0.462 e. The van der Waals surface area contributed by atoms with Crippen molar-refractivity contribution in [2.24, 2.45) is 5.10 Å². The molecule has 0 saturated carbocycles. The first-order valence-corrected chi connectivity index (χ1v) is 16.8. The third-order valence-electron chi connectivity index (χ3n) is 7.72. The van der Waals surface area contributed by atoms with Gasteiger partial charge in [-0.05, 0) is 94.5 Å². The predicted molar refractivity (Wildman–Crippen MR) is 183 cm³/mol. The van der Waals surface area contributed by atoms with E-state index >= 15 is 0 Å². The molecule has 11 heteroatoms. The molecular weight excluding hydrogens is 626 g/mol. The number of thiazole rings is 1. The number of fused-ring (bicyclic) bond motifs is 1. The molecule has 2 aromatic carbocycles. The van der Waals surface area contributed by atoms with Crippen LogP contribution in [-0.4, -0.2) is 34.2 Å². The van der Waals surface area contributed by atoms with Gasteiger partial charge in [0.05, 0.1) is 24.1 Å². The van der Waals surface area contributed by atoms with Crippen LogP contribution < -0.4 is 10.7 Å². The van der Waals surface area contributed by atoms with Gasteiger partial charge >= 0.3 is 5.97 Å². The fraction of sp³-hybridized carbons (Fsp3) is 0.235. The summed E-state index contributed by atoms with van der Waals surface area (Å²) in [4.78, 5) is 31.9. The lowest BCUT2D eigenvalue weighted by molar-refractivity contribution is 0.0525. The van der Waals surface area contributed by atoms with Crippen LogP contribution in [0.25, 0.3) is 16.3 Å². The Hall–Kier alpha value is -4.25. The highest BCUT2D eigenvalue weighted by atomic mass is 35.5. The van der Waals surface area contributed by atoms with Crippen molar-refractivity contribution in [3.63, 3.8) is 0 Å². The third kappa shape index (κ3) is 6.58. The van der Waals surface area contributed by atoms with Crippen LogP contribution in [0.5, 0.6) is 0 Å². The van der Waals surface area contributed by atoms with Gasteiger partial charge in [-0.2, -0.15) is 5.10 Å². The van der Waals surface area contributed by atoms with E-state index in [1.165, 1.54) is 16.2 Å². The number of amides is 1. The van der Waals surface area contributed by atoms with Crippen LogP contribution in [0.1, 0.15) is 67.9 Å². The normalized spacial score (nSPS) is 12.7. The number of carbonyl (C=O) groups is 2. The zero-order chi connectivity index (χ0) is 31.5. The number of carbonyl (C=O) groups excluding carboxylic acids is 2. The molecule has 1 aliphatic carbocycles. The van der Waals surface area contributed by atoms with Gasteiger partial charge in [-0.3, -0.25) is 4.79 Å². The summed E-state index contributed by atoms with van der Waals surface area (Å²) in [5.74, 6) is -0.580. The average molecular weight is 658 g/mol. The van der Waals surface area contributed by atoms with Crippen molar-refractivity contribution in [2.75, 3.05) is 11.9 Å². The number of anilines is 2. The lowest BCUT2D eigenvalue weighted by Crippen LogP contribution is -2.17. The fourth-order valence-corrected chi connectivity index (χ4v) is 7.85. The Kier molecular flexibility index (Phi) is 9.16. The molecule has 1 amide bonds. The maximum atomic E-state index is 13.1. The SMILES string of the molecule is CCOC(=O)c1c(-n2c(C)cc(/C=N\NC(=O)c3ccc(-c4csc(Nc5ccc(Cl)cc5)n4)cc3)c2C)sc2c1CCCC2. The number of nitrogens with zero attached hydrogens (tertiary/aromatic N) is 3. The summed E-state index contributed by atoms with van der Waals surface area (Å²) in [6, 6.07) is 16.7. The zero-order valence-electron chi connectivity index (χ0n) is 25.1. The second-order valence-electron chi connectivity index (χ2n) is 10.7. The summed E-state index contributed by atoms with van der Waals surface area (Å²) in [6.45, 7) is 6.17. The van der Waals surface area contributed by atoms with Gasteiger partial charge in [0.2, 0.25) is 0 Å². The minimum absolute atomic E-state index is 0.266. The maximum Gasteiger partial charge on any atom is 0.341 e. The standard InChI is InChI=1S/C34H32ClN5O3S2/c1-4-43-33(42)30-27-7-5-6-8-29(27)45-32(30)40-20(2)17-24(21(40)3)18-36-39-31(41)23-11-9-22(10-12-23)28-19-44-34(38-28)37-26-15-13-25(35)14-16-26/h9-19H,4-8H2,1-3H3,(H,37,38)(H,39,41)/b36-18-. The van der Waals surface area contributed by atoms with Gasteiger partial charge in [0, 0.05) is 49.0 Å². The van der Waals surface area contributed by atoms with E-state index in [0.717, 1.165) is 75.3 Å². The molecule has 0 aliphatic heterocycles. The predicted octanol–water partition coefficient (Wildman–Crippen LogP) is 8.50. The molecule has 6 rings (SSSR count). The lowest BCUT2D eigenvalue weighted by atomic mass is 9.95. The van der Waals surface area contributed by atoms with Gasteiger partial charge in [-0.15, -0.1) is 22.7 Å². The van der Waals surface area contributed by atoms with E-state index in [-0.39, 0.29) is 11.9 Å². The van der Waals surface area contributed by atoms with Gasteiger partial charge in [-0.1, -0.05) is 23.7 Å². The quantitative estimate of drug-likeness (QED) is 0.0941. The number of hydrogen-bond donors (Lipinski definition) is 2. The second-order valence-corrected chi connectivity index (χ2v) is 13.1. The van der Waals surface area contributed by atoms with Crippen LogP contribution in [0.15, 0.2) is 65.1 Å². The molecular formula is C34H32ClN5O3S2. The van der Waals surface area contributed by atoms with Gasteiger partial charge in [0.15, 0.2) is 5.13 Å². The highest BCUT2D eigenvalue weighted by Crippen LogP contribution is 2.39. The Labute approximate surface area is 274 Å². The van der Waals surface area contributed by atoms with Crippen LogP contribution in [0.3, 0.4) is 0 Å². The number of nitrogens with one attached hydrogen (secondary N) is 2. The van der Waals surface area contributed by atoms with Gasteiger partial charge < -0.3 is 14.6 Å². The molecule has 3 heterocycles. The Balaban J connectivity index is 1.14. The highest BCUT2D eigenvalue weighted by molar-refractivity contribution is 7.15. The van der Waals surface area contributed by atoms with E-state index in [9.17, 15) is 9.59 Å². The van der Waals surface area contributed by atoms with Crippen molar-refractivity contribution in [3.05, 3.63) is 104 Å². The Morgan fingerprint density at radius 1 is 1.09 bits per heavy atom. The molecule has 8 nitrogen and oxygen atoms in total. The number of aromatic nitrogens is 2. The summed E-state index contributed by atoms with van der Waals surface area (Å²) in [5.41, 5.74) is 10.3. The highest BCUT2D eigenvalue weighted by Gasteiger charge is 2.28. The topological polar surface area (TPSA) is 97.6 Å². The second kappa shape index (κ2) is 13.4. The molecule has 1 aliphatic rings. The molecule has 0 unspecified atom stereocenters. The number of rotatable bonds is 9. The first-order chi connectivity index (χ1) is 21.8. The minimum atomic E-state index is -0.314. The fourth-order valence-electron chi connectivity index (χ4n) is 5.49. The largest absolute Gasteiger partial charge is 0.462 e. The van der Waals surface area contributed by atoms with E-state index in [1.807, 2.05) is 68.6 Å². The summed E-state index contributed by atoms with van der Waals surface area (Å²) in [5, 5.41) is 11.8. The molecule has 0 atom stereocenters. The Morgan fingerprint density at radius 2 is 1.84 bits per heavy atom. The number of ether oxygens (including phenoxy) is 1. The van der Waals surface area contributed by atoms with Gasteiger partial charge in [-0.25, -0.2) is 15.2 Å². The van der Waals surface area contributed by atoms with E-state index in [1.54, 1.807) is 29.7 Å². The molecule has 230 valence electrons. The Bertz CT molecular complexity index is 1890. The summed E-state index contributed by atoms with van der Waals surface area (Å²) >= 11 is 9.14. The summed E-state index contributed by atoms with van der Waals surface area (Å²) in [6.07, 6.45) is 5.74. The number of benzene rings is 2. The van der Waals surface area contributed by atoms with E-state index in [0.29, 0.717) is 22.8 Å². The van der Waals surface area contributed by atoms with Crippen LogP contribution in [0.2, 0.25) is 5.02 Å². The molecule has 0 bridgehead atoms. The number of esters is 1. The zero-order valence-corrected chi connectivity index (χ0v) is 27.5. The molecule has 2 N–H and O–H groups in total. The number of hydrazone groups is 1. The number of hydrogen-bond acceptors (Lipinski definition) is 8. The van der Waals surface area contributed by atoms with Crippen molar-refractivity contribution >= 4 is 63.2 Å². The smallest absolute Gasteiger partial charge is 0.341 e. The lowest BCUT2D eigenvalue weighted by Gasteiger charge is -2.13. The maximum absolute atomic E-state index is 13.1. The van der Waals surface area contributed by atoms with E-state index in [2.05, 4.69) is 25.4 Å². The molecule has 3 aromatic heterocycles. The third-order valence-corrected chi connectivity index (χ3v) is 10.0. The van der Waals surface area contributed by atoms with Crippen molar-refractivity contribution in [3.8, 4) is 16.3 Å². The van der Waals surface area contributed by atoms with Crippen LogP contribution in [-0.2, 0) is 17.6 Å². The van der Waals surface area contributed by atoms with Crippen LogP contribution in [0.4, 0.5) is 10.8 Å². The molecule has 0 fully saturated rings. The summed E-state index contributed by atoms with van der Waals surface area (Å²) in [7, 11) is 0. The molecule has 0 spiro atoms. The van der Waals surface area contributed by atoms with Crippen molar-refractivity contribution in [1.82, 2.24) is 15.0 Å². The first-order valence-electron chi connectivity index (χ1n) is 14.7. The molecule has 45 heavy (non-hydrogen) atoms. The molecule has 0 saturated heterocycles. The van der Waals surface area contributed by atoms with Crippen molar-refractivity contribution in [1.29, 1.82) is 0 Å². The summed E-state index contributed by atoms with van der Waals surface area (Å²) < 4.78 is 7.57. The van der Waals surface area contributed by atoms with Crippen LogP contribution >= 0.6 is 34.3 Å². The van der Waals surface area contributed by atoms with Gasteiger partial charge in [0.1, 0.15) is 5.00 Å². The van der Waals surface area contributed by atoms with E-state index in [4.69, 9.17) is 16.3 Å². The average Bonchev–Trinajstić information content (AvgIpc) is 3.73. The van der Waals surface area contributed by atoms with Crippen molar-refractivity contribution in [2.45, 2.75) is 46.5 Å². The first kappa shape index (κ1) is 30.8.